The van der Waals surface area contributed by atoms with Crippen LogP contribution in [0, 0.1) is 12.8 Å². The molecular weight excluding hydrogens is 355 g/mol. The summed E-state index contributed by atoms with van der Waals surface area (Å²) in [5.74, 6) is -0.668. The highest BCUT2D eigenvalue weighted by atomic mass is 19.4. The highest BCUT2D eigenvalue weighted by Gasteiger charge is 2.34. The Morgan fingerprint density at radius 1 is 1.19 bits per heavy atom. The summed E-state index contributed by atoms with van der Waals surface area (Å²) in [5.41, 5.74) is 6.83. The zero-order chi connectivity index (χ0) is 19.6. The van der Waals surface area contributed by atoms with Crippen LogP contribution in [0.1, 0.15) is 35.6 Å². The molecule has 1 amide bonds. The number of carbonyl (C=O) groups excluding carboxylic acids is 1. The molecule has 1 aliphatic rings. The van der Waals surface area contributed by atoms with Crippen molar-refractivity contribution in [2.45, 2.75) is 32.0 Å². The SMILES string of the molecule is Cc1ccc(NC(=O)[C@H]2CCCN[C@H]2c2ccc(N)cc2)cc1C(F)(F)F. The summed E-state index contributed by atoms with van der Waals surface area (Å²) in [6.45, 7) is 2.18. The molecule has 1 fully saturated rings. The second-order valence-corrected chi connectivity index (χ2v) is 6.86. The molecule has 1 aliphatic heterocycles. The number of benzene rings is 2. The third-order valence-electron chi connectivity index (χ3n) is 4.90. The van der Waals surface area contributed by atoms with Gasteiger partial charge in [0.05, 0.1) is 11.5 Å². The van der Waals surface area contributed by atoms with E-state index in [1.165, 1.54) is 19.1 Å². The summed E-state index contributed by atoms with van der Waals surface area (Å²) in [4.78, 5) is 12.8. The zero-order valence-corrected chi connectivity index (χ0v) is 14.9. The molecule has 0 aromatic heterocycles. The fraction of sp³-hybridized carbons (Fsp3) is 0.350. The molecule has 0 aliphatic carbocycles. The molecular formula is C20H22F3N3O. The lowest BCUT2D eigenvalue weighted by Gasteiger charge is -2.32. The zero-order valence-electron chi connectivity index (χ0n) is 14.9. The highest BCUT2D eigenvalue weighted by molar-refractivity contribution is 5.93. The monoisotopic (exact) mass is 377 g/mol. The van der Waals surface area contributed by atoms with Gasteiger partial charge in [-0.2, -0.15) is 13.2 Å². The van der Waals surface area contributed by atoms with E-state index in [0.717, 1.165) is 24.6 Å². The van der Waals surface area contributed by atoms with E-state index in [2.05, 4.69) is 10.6 Å². The van der Waals surface area contributed by atoms with E-state index < -0.39 is 11.7 Å². The van der Waals surface area contributed by atoms with Gasteiger partial charge in [0, 0.05) is 17.4 Å². The molecule has 2 aromatic rings. The number of anilines is 2. The minimum atomic E-state index is -4.45. The Morgan fingerprint density at radius 2 is 1.89 bits per heavy atom. The molecule has 2 aromatic carbocycles. The van der Waals surface area contributed by atoms with E-state index in [1.807, 2.05) is 12.1 Å². The van der Waals surface area contributed by atoms with Gasteiger partial charge in [0.25, 0.3) is 0 Å². The molecule has 2 atom stereocenters. The fourth-order valence-electron chi connectivity index (χ4n) is 3.46. The first-order chi connectivity index (χ1) is 12.8. The maximum Gasteiger partial charge on any atom is 0.416 e. The Balaban J connectivity index is 1.80. The molecule has 4 N–H and O–H groups in total. The van der Waals surface area contributed by atoms with Crippen molar-refractivity contribution in [3.8, 4) is 0 Å². The molecule has 4 nitrogen and oxygen atoms in total. The number of aryl methyl sites for hydroxylation is 1. The Bertz CT molecular complexity index is 818. The normalized spacial score (nSPS) is 20.3. The molecule has 0 saturated carbocycles. The van der Waals surface area contributed by atoms with Crippen LogP contribution >= 0.6 is 0 Å². The minimum Gasteiger partial charge on any atom is -0.399 e. The maximum absolute atomic E-state index is 13.1. The summed E-state index contributed by atoms with van der Waals surface area (Å²) in [5, 5.41) is 5.99. The second-order valence-electron chi connectivity index (χ2n) is 6.86. The first kappa shape index (κ1) is 19.2. The van der Waals surface area contributed by atoms with Crippen LogP contribution in [-0.4, -0.2) is 12.5 Å². The Hall–Kier alpha value is -2.54. The van der Waals surface area contributed by atoms with Crippen molar-refractivity contribution in [3.63, 3.8) is 0 Å². The number of piperidine rings is 1. The molecule has 144 valence electrons. The first-order valence-corrected chi connectivity index (χ1v) is 8.83. The lowest BCUT2D eigenvalue weighted by molar-refractivity contribution is -0.138. The number of rotatable bonds is 3. The van der Waals surface area contributed by atoms with Gasteiger partial charge < -0.3 is 16.4 Å². The number of amides is 1. The lowest BCUT2D eigenvalue weighted by Crippen LogP contribution is -2.40. The quantitative estimate of drug-likeness (QED) is 0.700. The third-order valence-corrected chi connectivity index (χ3v) is 4.90. The summed E-state index contributed by atoms with van der Waals surface area (Å²) in [7, 11) is 0. The second kappa shape index (κ2) is 7.60. The molecule has 27 heavy (non-hydrogen) atoms. The standard InChI is InChI=1S/C20H22F3N3O/c1-12-4-9-15(11-17(12)20(21,22)23)26-19(27)16-3-2-10-25-18(16)13-5-7-14(24)8-6-13/h4-9,11,16,18,25H,2-3,10,24H2,1H3,(H,26,27)/t16-,18-/m0/s1. The fourth-order valence-corrected chi connectivity index (χ4v) is 3.46. The van der Waals surface area contributed by atoms with Crippen LogP contribution in [0.15, 0.2) is 42.5 Å². The van der Waals surface area contributed by atoms with Gasteiger partial charge in [0.2, 0.25) is 5.91 Å². The molecule has 0 radical (unpaired) electrons. The lowest BCUT2D eigenvalue weighted by atomic mass is 9.85. The summed E-state index contributed by atoms with van der Waals surface area (Å²) in [6.07, 6.45) is -2.97. The largest absolute Gasteiger partial charge is 0.416 e. The topological polar surface area (TPSA) is 67.2 Å². The number of hydrogen-bond acceptors (Lipinski definition) is 3. The molecule has 0 spiro atoms. The number of halogens is 3. The minimum absolute atomic E-state index is 0.125. The molecule has 3 rings (SSSR count). The van der Waals surface area contributed by atoms with E-state index >= 15 is 0 Å². The van der Waals surface area contributed by atoms with Crippen LogP contribution in [0.3, 0.4) is 0 Å². The summed E-state index contributed by atoms with van der Waals surface area (Å²) >= 11 is 0. The van der Waals surface area contributed by atoms with Crippen molar-refractivity contribution in [2.24, 2.45) is 5.92 Å². The van der Waals surface area contributed by atoms with Crippen LogP contribution in [0.25, 0.3) is 0 Å². The molecule has 1 heterocycles. The Labute approximate surface area is 155 Å². The van der Waals surface area contributed by atoms with E-state index in [1.54, 1.807) is 12.1 Å². The van der Waals surface area contributed by atoms with Gasteiger partial charge in [0.15, 0.2) is 0 Å². The van der Waals surface area contributed by atoms with Crippen molar-refractivity contribution in [2.75, 3.05) is 17.6 Å². The van der Waals surface area contributed by atoms with Gasteiger partial charge in [-0.15, -0.1) is 0 Å². The molecule has 7 heteroatoms. The van der Waals surface area contributed by atoms with E-state index in [-0.39, 0.29) is 29.1 Å². The number of hydrogen-bond donors (Lipinski definition) is 3. The van der Waals surface area contributed by atoms with Gasteiger partial charge in [-0.25, -0.2) is 0 Å². The van der Waals surface area contributed by atoms with Gasteiger partial charge in [0.1, 0.15) is 0 Å². The van der Waals surface area contributed by atoms with Gasteiger partial charge in [-0.05, 0) is 61.7 Å². The van der Waals surface area contributed by atoms with Crippen LogP contribution in [-0.2, 0) is 11.0 Å². The van der Waals surface area contributed by atoms with Gasteiger partial charge >= 0.3 is 6.18 Å². The highest BCUT2D eigenvalue weighted by Crippen LogP contribution is 2.34. The number of nitrogens with two attached hydrogens (primary N) is 1. The predicted octanol–water partition coefficient (Wildman–Crippen LogP) is 4.28. The average molecular weight is 377 g/mol. The van der Waals surface area contributed by atoms with Gasteiger partial charge in [-0.1, -0.05) is 18.2 Å². The van der Waals surface area contributed by atoms with Crippen LogP contribution in [0.2, 0.25) is 0 Å². The summed E-state index contributed by atoms with van der Waals surface area (Å²) in [6, 6.07) is 10.9. The van der Waals surface area contributed by atoms with Crippen LogP contribution < -0.4 is 16.4 Å². The Morgan fingerprint density at radius 3 is 2.56 bits per heavy atom. The van der Waals surface area contributed by atoms with Crippen molar-refractivity contribution >= 4 is 17.3 Å². The number of alkyl halides is 3. The molecule has 1 saturated heterocycles. The number of carbonyl (C=O) groups is 1. The predicted molar refractivity (Wildman–Crippen MR) is 99.1 cm³/mol. The van der Waals surface area contributed by atoms with E-state index in [0.29, 0.717) is 12.1 Å². The Kier molecular flexibility index (Phi) is 5.41. The van der Waals surface area contributed by atoms with Crippen LogP contribution in [0.4, 0.5) is 24.5 Å². The maximum atomic E-state index is 13.1. The van der Waals surface area contributed by atoms with Crippen molar-refractivity contribution in [1.29, 1.82) is 0 Å². The smallest absolute Gasteiger partial charge is 0.399 e. The third kappa shape index (κ3) is 4.42. The molecule has 0 unspecified atom stereocenters. The average Bonchev–Trinajstić information content (AvgIpc) is 2.63. The van der Waals surface area contributed by atoms with Crippen LogP contribution in [0.5, 0.6) is 0 Å². The summed E-state index contributed by atoms with van der Waals surface area (Å²) < 4.78 is 39.3. The van der Waals surface area contributed by atoms with Gasteiger partial charge in [-0.3, -0.25) is 4.79 Å². The van der Waals surface area contributed by atoms with Crippen molar-refractivity contribution < 1.29 is 18.0 Å². The number of nitrogen functional groups attached to an aromatic ring is 1. The van der Waals surface area contributed by atoms with Crippen molar-refractivity contribution in [3.05, 3.63) is 59.2 Å². The van der Waals surface area contributed by atoms with Crippen molar-refractivity contribution in [1.82, 2.24) is 5.32 Å². The van der Waals surface area contributed by atoms with E-state index in [4.69, 9.17) is 5.73 Å². The first-order valence-electron chi connectivity index (χ1n) is 8.83. The van der Waals surface area contributed by atoms with E-state index in [9.17, 15) is 18.0 Å². The molecule has 0 bridgehead atoms. The number of nitrogens with one attached hydrogen (secondary N) is 2.